The number of hydrogen-bond acceptors (Lipinski definition) is 18. The van der Waals surface area contributed by atoms with Crippen LogP contribution in [0, 0.1) is 17.2 Å². The smallest absolute Gasteiger partial charge is 0.497 e. The molecule has 0 aliphatic carbocycles. The van der Waals surface area contributed by atoms with Crippen LogP contribution in [0.25, 0.3) is 22.3 Å². The molecule has 3 aromatic carbocycles. The van der Waals surface area contributed by atoms with Crippen molar-refractivity contribution in [1.29, 1.82) is 5.26 Å². The number of carbonyl (C=O) groups is 1. The van der Waals surface area contributed by atoms with Crippen LogP contribution in [0.1, 0.15) is 49.0 Å². The predicted molar refractivity (Wildman–Crippen MR) is 267 cm³/mol. The molecule has 7 aromatic rings. The molecule has 0 spiro atoms. The highest BCUT2D eigenvalue weighted by Crippen LogP contribution is 2.52. The minimum atomic E-state index is -3.81. The van der Waals surface area contributed by atoms with Crippen molar-refractivity contribution in [2.45, 2.75) is 63.6 Å². The molecule has 0 saturated carbocycles. The number of hydrogen-bond donors (Lipinski definition) is 3. The molecule has 5 heterocycles. The van der Waals surface area contributed by atoms with E-state index in [9.17, 15) is 19.4 Å². The van der Waals surface area contributed by atoms with Crippen LogP contribution in [0.15, 0.2) is 103 Å². The van der Waals surface area contributed by atoms with Gasteiger partial charge in [0.2, 0.25) is 11.9 Å². The number of alkyl halides is 1. The van der Waals surface area contributed by atoms with Gasteiger partial charge in [-0.1, -0.05) is 68.4 Å². The van der Waals surface area contributed by atoms with Crippen molar-refractivity contribution in [3.05, 3.63) is 131 Å². The molecule has 1 aliphatic heterocycles. The third-order valence-electron chi connectivity index (χ3n) is 11.5. The molecule has 0 radical (unpaired) electrons. The number of aromatic amines is 1. The summed E-state index contributed by atoms with van der Waals surface area (Å²) in [5.74, 6) is 0.716. The van der Waals surface area contributed by atoms with Crippen molar-refractivity contribution in [3.63, 3.8) is 0 Å². The zero-order valence-electron chi connectivity index (χ0n) is 39.1. The summed E-state index contributed by atoms with van der Waals surface area (Å²) in [4.78, 5) is 49.9. The number of nitrogens with zero attached hydrogens (tertiary/aromatic N) is 8. The van der Waals surface area contributed by atoms with Gasteiger partial charge in [-0.15, -0.1) is 4.52 Å². The normalized spacial score (nSPS) is 18.0. The van der Waals surface area contributed by atoms with E-state index in [1.807, 2.05) is 84.9 Å². The summed E-state index contributed by atoms with van der Waals surface area (Å²) in [7, 11) is 0.506. The first-order chi connectivity index (χ1) is 34.8. The van der Waals surface area contributed by atoms with Gasteiger partial charge in [0.1, 0.15) is 59.7 Å². The summed E-state index contributed by atoms with van der Waals surface area (Å²) >= 11 is 9.70. The summed E-state index contributed by atoms with van der Waals surface area (Å²) in [6.45, 7) is -1.38. The van der Waals surface area contributed by atoms with Crippen molar-refractivity contribution < 1.29 is 50.8 Å². The fraction of sp³-hybridized carbons (Fsp3) is 0.348. The van der Waals surface area contributed by atoms with Crippen LogP contribution in [0.4, 0.5) is 10.3 Å². The summed E-state index contributed by atoms with van der Waals surface area (Å²) < 4.78 is 79.7. The quantitative estimate of drug-likeness (QED) is 0.0243. The van der Waals surface area contributed by atoms with Gasteiger partial charge in [-0.3, -0.25) is 24.5 Å². The summed E-state index contributed by atoms with van der Waals surface area (Å²) in [6.07, 6.45) is -2.41. The van der Waals surface area contributed by atoms with E-state index in [-0.39, 0.29) is 49.9 Å². The topological polar surface area (TPSA) is 251 Å². The van der Waals surface area contributed by atoms with Crippen LogP contribution < -0.4 is 20.3 Å². The molecule has 1 fully saturated rings. The van der Waals surface area contributed by atoms with Gasteiger partial charge >= 0.3 is 13.9 Å². The Labute approximate surface area is 422 Å². The number of fused-ring (bicyclic) bond motifs is 2. The molecule has 72 heavy (non-hydrogen) atoms. The van der Waals surface area contributed by atoms with E-state index in [0.29, 0.717) is 28.5 Å². The van der Waals surface area contributed by atoms with Crippen LogP contribution in [0.3, 0.4) is 0 Å². The molecule has 2 N–H and O–H groups in total. The average molecular weight is 1060 g/mol. The molecule has 376 valence electrons. The Morgan fingerprint density at radius 1 is 0.986 bits per heavy atom. The Morgan fingerprint density at radius 2 is 1.65 bits per heavy atom. The maximum absolute atomic E-state index is 16.5. The number of carbonyl (C=O) groups excluding carboxylic acids is 1. The van der Waals surface area contributed by atoms with Gasteiger partial charge in [0.05, 0.1) is 59.1 Å². The Hall–Kier alpha value is -6.09. The Balaban J connectivity index is 1.05. The minimum absolute atomic E-state index is 0.0597. The molecule has 1 aliphatic rings. The average Bonchev–Trinajstić information content (AvgIpc) is 4.06. The summed E-state index contributed by atoms with van der Waals surface area (Å²) in [5, 5.41) is 11.9. The molecule has 1 amide bonds. The SMILES string of the molecule is COc1ccc(C(OCc2nc3cncnc3n2CCOP(=S)(OCCC#N)OC[C@H]2O[C@@H](n3cnc4c(=O)[nH]c(NC(=O)C(C)C)nc43)[C@H](O[P+](=O)S)[C@@H]2F)(c2ccccc2)c2ccc(OC)cc2)cc1. The minimum Gasteiger partial charge on any atom is -0.497 e. The monoisotopic (exact) mass is 1060 g/mol. The lowest BCUT2D eigenvalue weighted by Gasteiger charge is -2.36. The lowest BCUT2D eigenvalue weighted by molar-refractivity contribution is -0.118. The highest BCUT2D eigenvalue weighted by molar-refractivity contribution is 8.39. The molecule has 4 aromatic heterocycles. The predicted octanol–water partition coefficient (Wildman–Crippen LogP) is 7.48. The van der Waals surface area contributed by atoms with Crippen molar-refractivity contribution in [2.24, 2.45) is 5.92 Å². The van der Waals surface area contributed by atoms with Gasteiger partial charge in [0.25, 0.3) is 5.56 Å². The number of methoxy groups -OCH3 is 2. The zero-order chi connectivity index (χ0) is 51.0. The summed E-state index contributed by atoms with van der Waals surface area (Å²) in [5.41, 5.74) is 1.22. The maximum Gasteiger partial charge on any atom is 0.582 e. The third kappa shape index (κ3) is 11.4. The first-order valence-electron chi connectivity index (χ1n) is 22.2. The van der Waals surface area contributed by atoms with Crippen LogP contribution in [0.2, 0.25) is 0 Å². The zero-order valence-corrected chi connectivity index (χ0v) is 42.6. The third-order valence-corrected chi connectivity index (χ3v) is 14.6. The molecule has 1 saturated heterocycles. The van der Waals surface area contributed by atoms with Crippen molar-refractivity contribution in [1.82, 2.24) is 39.0 Å². The molecule has 6 atom stereocenters. The van der Waals surface area contributed by atoms with E-state index in [4.69, 9.17) is 53.8 Å². The number of nitriles is 1. The van der Waals surface area contributed by atoms with Gasteiger partial charge < -0.3 is 37.1 Å². The number of anilines is 1. The van der Waals surface area contributed by atoms with Crippen molar-refractivity contribution in [3.8, 4) is 17.6 Å². The number of ether oxygens (including phenoxy) is 4. The number of imidazole rings is 2. The number of H-pyrrole nitrogens is 1. The number of nitrogens with one attached hydrogen (secondary N) is 2. The second-order valence-corrected chi connectivity index (χ2v) is 20.9. The molecule has 2 unspecified atom stereocenters. The molecule has 21 nitrogen and oxygen atoms in total. The van der Waals surface area contributed by atoms with E-state index in [1.165, 1.54) is 17.2 Å². The van der Waals surface area contributed by atoms with E-state index in [1.54, 1.807) is 38.8 Å². The number of thiol groups is 1. The fourth-order valence-electron chi connectivity index (χ4n) is 7.94. The lowest BCUT2D eigenvalue weighted by Crippen LogP contribution is -2.33. The van der Waals surface area contributed by atoms with Crippen LogP contribution in [-0.4, -0.2) is 97.4 Å². The number of benzene rings is 3. The number of halogens is 1. The van der Waals surface area contributed by atoms with E-state index >= 15 is 4.39 Å². The molecular weight excluding hydrogens is 1010 g/mol. The fourth-order valence-corrected chi connectivity index (χ4v) is 10.5. The largest absolute Gasteiger partial charge is 0.582 e. The summed E-state index contributed by atoms with van der Waals surface area (Å²) in [6, 6.07) is 27.0. The number of aromatic nitrogens is 8. The Kier molecular flexibility index (Phi) is 16.8. The highest BCUT2D eigenvalue weighted by Gasteiger charge is 2.52. The molecule has 0 bridgehead atoms. The van der Waals surface area contributed by atoms with Crippen molar-refractivity contribution >= 4 is 72.2 Å². The van der Waals surface area contributed by atoms with E-state index < -0.39 is 68.1 Å². The second kappa shape index (κ2) is 23.2. The van der Waals surface area contributed by atoms with Gasteiger partial charge in [-0.2, -0.15) is 10.2 Å². The first-order valence-corrected chi connectivity index (χ1v) is 27.1. The Bertz CT molecular complexity index is 3130. The van der Waals surface area contributed by atoms with Crippen molar-refractivity contribution in [2.75, 3.05) is 39.4 Å². The lowest BCUT2D eigenvalue weighted by atomic mass is 9.80. The maximum atomic E-state index is 16.5. The molecular formula is C46H48FN10O11P2S2+. The number of rotatable bonds is 23. The van der Waals surface area contributed by atoms with Crippen LogP contribution in [-0.2, 0) is 67.5 Å². The molecule has 8 rings (SSSR count). The van der Waals surface area contributed by atoms with Crippen LogP contribution >= 0.6 is 26.2 Å². The van der Waals surface area contributed by atoms with E-state index in [2.05, 4.69) is 42.5 Å². The standard InChI is InChI=1S/C46H47FN10O11P2S2/c1-28(2)42(58)54-45-53-41-38(43(59)55-45)51-27-57(41)44-39(68-69(60)71)37(47)35(67-44)24-66-70(72,64-21-8-19-48)65-22-20-56-36(52-34-23-49-26-50-40(34)56)25-63-46(29-9-6-5-7-10-29,30-11-15-32(61-3)16-12-30)31-13-17-33(62-4)18-14-31/h5-7,9-18,23,26-28,35,37,39,44H,8,20-22,24-25H2,1-4H3,(H2-,53,54,55,58,59,60,71)/p+1/t35-,37-,39-,44-,70?/m1/s1. The van der Waals surface area contributed by atoms with Gasteiger partial charge in [-0.05, 0) is 57.3 Å². The molecule has 26 heteroatoms. The number of amides is 1. The second-order valence-electron chi connectivity index (χ2n) is 16.2. The highest BCUT2D eigenvalue weighted by atomic mass is 32.7. The van der Waals surface area contributed by atoms with Gasteiger partial charge in [0.15, 0.2) is 35.3 Å². The van der Waals surface area contributed by atoms with E-state index in [0.717, 1.165) is 16.7 Å². The first kappa shape index (κ1) is 52.2. The Morgan fingerprint density at radius 3 is 2.29 bits per heavy atom. The van der Waals surface area contributed by atoms with Gasteiger partial charge in [-0.25, -0.2) is 24.3 Å². The van der Waals surface area contributed by atoms with Crippen LogP contribution in [0.5, 0.6) is 11.5 Å². The van der Waals surface area contributed by atoms with Gasteiger partial charge in [0, 0.05) is 12.5 Å².